The monoisotopic (exact) mass is 634 g/mol. The van der Waals surface area contributed by atoms with Crippen molar-refractivity contribution >= 4 is 54.1 Å². The minimum atomic E-state index is 0.958. The zero-order chi connectivity index (χ0) is 33.0. The van der Waals surface area contributed by atoms with Gasteiger partial charge in [-0.25, -0.2) is 9.97 Å². The van der Waals surface area contributed by atoms with Crippen LogP contribution >= 0.6 is 0 Å². The predicted octanol–water partition coefficient (Wildman–Crippen LogP) is 12.9. The van der Waals surface area contributed by atoms with Gasteiger partial charge in [0.15, 0.2) is 0 Å². The first-order chi connectivity index (χ1) is 24.8. The average Bonchev–Trinajstić information content (AvgIpc) is 3.20. The van der Waals surface area contributed by atoms with Crippen LogP contribution in [0, 0.1) is 0 Å². The van der Waals surface area contributed by atoms with Crippen molar-refractivity contribution in [1.82, 2.24) is 9.97 Å². The van der Waals surface area contributed by atoms with E-state index >= 15 is 0 Å². The molecule has 0 bridgehead atoms. The summed E-state index contributed by atoms with van der Waals surface area (Å²) in [6.07, 6.45) is 0. The third-order valence-electron chi connectivity index (χ3n) is 10.0. The lowest BCUT2D eigenvalue weighted by molar-refractivity contribution is 1.41. The molecule has 0 aliphatic heterocycles. The van der Waals surface area contributed by atoms with Gasteiger partial charge in [-0.3, -0.25) is 0 Å². The van der Waals surface area contributed by atoms with E-state index in [2.05, 4.69) is 182 Å². The van der Waals surface area contributed by atoms with E-state index in [0.29, 0.717) is 0 Å². The maximum absolute atomic E-state index is 5.55. The van der Waals surface area contributed by atoms with E-state index in [1.807, 2.05) is 0 Å². The fourth-order valence-electron chi connectivity index (χ4n) is 7.67. The molecule has 0 amide bonds. The van der Waals surface area contributed by atoms with Crippen molar-refractivity contribution in [3.63, 3.8) is 0 Å². The number of hydrogen-bond donors (Lipinski definition) is 0. The second-order valence-corrected chi connectivity index (χ2v) is 12.9. The molecule has 0 aliphatic carbocycles. The summed E-state index contributed by atoms with van der Waals surface area (Å²) in [4.78, 5) is 11.1. The Morgan fingerprint density at radius 3 is 1.12 bits per heavy atom. The molecule has 0 unspecified atom stereocenters. The van der Waals surface area contributed by atoms with Gasteiger partial charge in [-0.1, -0.05) is 146 Å². The van der Waals surface area contributed by atoms with Crippen LogP contribution in [0.25, 0.3) is 98.9 Å². The van der Waals surface area contributed by atoms with Crippen LogP contribution in [-0.4, -0.2) is 9.97 Å². The van der Waals surface area contributed by atoms with Gasteiger partial charge < -0.3 is 0 Å². The van der Waals surface area contributed by atoms with E-state index in [0.717, 1.165) is 77.3 Å². The Hall–Kier alpha value is -6.64. The normalized spacial score (nSPS) is 11.6. The number of pyridine rings is 2. The van der Waals surface area contributed by atoms with Crippen LogP contribution in [0.4, 0.5) is 0 Å². The highest BCUT2D eigenvalue weighted by Crippen LogP contribution is 2.42. The van der Waals surface area contributed by atoms with Crippen molar-refractivity contribution in [2.24, 2.45) is 0 Å². The molecular weight excluding hydrogens is 605 g/mol. The Bertz CT molecular complexity index is 2700. The summed E-state index contributed by atoms with van der Waals surface area (Å²) in [7, 11) is 0. The van der Waals surface area contributed by atoms with Gasteiger partial charge in [-0.2, -0.15) is 0 Å². The van der Waals surface area contributed by atoms with E-state index in [9.17, 15) is 0 Å². The molecule has 10 rings (SSSR count). The van der Waals surface area contributed by atoms with Crippen LogP contribution in [0.15, 0.2) is 182 Å². The van der Waals surface area contributed by atoms with Crippen molar-refractivity contribution in [3.05, 3.63) is 182 Å². The molecule has 0 saturated carbocycles. The van der Waals surface area contributed by atoms with Crippen LogP contribution < -0.4 is 0 Å². The SMILES string of the molecule is c1ccc(-c2cc3c(cc(-c4ccccc4)c4ccc(-c5cccc6ccccc56)nc43)c3nc(-c4cccc5ccccc45)ccc23)cc1. The number of rotatable bonds is 4. The summed E-state index contributed by atoms with van der Waals surface area (Å²) in [6, 6.07) is 64.9. The van der Waals surface area contributed by atoms with Crippen molar-refractivity contribution in [3.8, 4) is 44.8 Å². The van der Waals surface area contributed by atoms with E-state index in [4.69, 9.17) is 9.97 Å². The Labute approximate surface area is 290 Å². The van der Waals surface area contributed by atoms with Crippen LogP contribution in [-0.2, 0) is 0 Å². The molecule has 0 atom stereocenters. The average molecular weight is 635 g/mol. The molecule has 0 fully saturated rings. The van der Waals surface area contributed by atoms with E-state index < -0.39 is 0 Å². The van der Waals surface area contributed by atoms with Gasteiger partial charge in [0, 0.05) is 32.7 Å². The molecule has 8 aromatic carbocycles. The van der Waals surface area contributed by atoms with Gasteiger partial charge in [-0.05, 0) is 80.2 Å². The van der Waals surface area contributed by atoms with E-state index in [-0.39, 0.29) is 0 Å². The highest BCUT2D eigenvalue weighted by atomic mass is 14.7. The number of nitrogens with zero attached hydrogens (tertiary/aromatic N) is 2. The standard InChI is InChI=1S/C48H30N2/c1-3-13-33(14-4-1)41-29-43-44(47-39(41)25-27-45(49-47)37-23-11-19-31-17-7-9-21-35(31)37)30-42(34-15-5-2-6-16-34)40-26-28-46(50-48(40)43)38-24-12-20-32-18-8-10-22-36(32)38/h1-30H. The van der Waals surface area contributed by atoms with Gasteiger partial charge >= 0.3 is 0 Å². The second kappa shape index (κ2) is 11.5. The molecule has 10 aromatic rings. The number of benzene rings is 8. The third kappa shape index (κ3) is 4.57. The summed E-state index contributed by atoms with van der Waals surface area (Å²) in [5, 5.41) is 9.23. The lowest BCUT2D eigenvalue weighted by Crippen LogP contribution is -1.95. The highest BCUT2D eigenvalue weighted by Gasteiger charge is 2.18. The van der Waals surface area contributed by atoms with Crippen molar-refractivity contribution in [2.75, 3.05) is 0 Å². The Morgan fingerprint density at radius 1 is 0.260 bits per heavy atom. The third-order valence-corrected chi connectivity index (χ3v) is 10.0. The minimum absolute atomic E-state index is 0.958. The molecule has 0 saturated heterocycles. The summed E-state index contributed by atoms with van der Waals surface area (Å²) >= 11 is 0. The molecule has 50 heavy (non-hydrogen) atoms. The molecule has 2 heterocycles. The number of fused-ring (bicyclic) bond motifs is 7. The largest absolute Gasteiger partial charge is 0.247 e. The van der Waals surface area contributed by atoms with Crippen molar-refractivity contribution in [1.29, 1.82) is 0 Å². The quantitative estimate of drug-likeness (QED) is 0.180. The molecule has 232 valence electrons. The van der Waals surface area contributed by atoms with Gasteiger partial charge in [-0.15, -0.1) is 0 Å². The fraction of sp³-hybridized carbons (Fsp3) is 0. The van der Waals surface area contributed by atoms with Gasteiger partial charge in [0.05, 0.1) is 22.4 Å². The maximum atomic E-state index is 5.55. The maximum Gasteiger partial charge on any atom is 0.0795 e. The second-order valence-electron chi connectivity index (χ2n) is 12.9. The number of aromatic nitrogens is 2. The molecule has 2 aromatic heterocycles. The molecule has 0 spiro atoms. The van der Waals surface area contributed by atoms with E-state index in [1.54, 1.807) is 0 Å². The summed E-state index contributed by atoms with van der Waals surface area (Å²) in [5.41, 5.74) is 10.7. The van der Waals surface area contributed by atoms with Gasteiger partial charge in [0.2, 0.25) is 0 Å². The molecule has 0 N–H and O–H groups in total. The number of hydrogen-bond acceptors (Lipinski definition) is 2. The Morgan fingerprint density at radius 2 is 0.660 bits per heavy atom. The first-order valence-corrected chi connectivity index (χ1v) is 17.1. The first kappa shape index (κ1) is 28.4. The molecule has 0 aliphatic rings. The summed E-state index contributed by atoms with van der Waals surface area (Å²) in [6.45, 7) is 0. The van der Waals surface area contributed by atoms with Gasteiger partial charge in [0.25, 0.3) is 0 Å². The first-order valence-electron chi connectivity index (χ1n) is 17.1. The molecule has 0 radical (unpaired) electrons. The van der Waals surface area contributed by atoms with Crippen LogP contribution in [0.5, 0.6) is 0 Å². The lowest BCUT2D eigenvalue weighted by atomic mass is 9.90. The van der Waals surface area contributed by atoms with Crippen molar-refractivity contribution in [2.45, 2.75) is 0 Å². The topological polar surface area (TPSA) is 25.8 Å². The lowest BCUT2D eigenvalue weighted by Gasteiger charge is -2.17. The predicted molar refractivity (Wildman–Crippen MR) is 211 cm³/mol. The smallest absolute Gasteiger partial charge is 0.0795 e. The summed E-state index contributed by atoms with van der Waals surface area (Å²) < 4.78 is 0. The van der Waals surface area contributed by atoms with Crippen LogP contribution in [0.2, 0.25) is 0 Å². The zero-order valence-corrected chi connectivity index (χ0v) is 27.2. The van der Waals surface area contributed by atoms with Crippen LogP contribution in [0.1, 0.15) is 0 Å². The van der Waals surface area contributed by atoms with Gasteiger partial charge in [0.1, 0.15) is 0 Å². The molecule has 2 heteroatoms. The van der Waals surface area contributed by atoms with Crippen LogP contribution in [0.3, 0.4) is 0 Å². The highest BCUT2D eigenvalue weighted by molar-refractivity contribution is 6.22. The molecule has 2 nitrogen and oxygen atoms in total. The summed E-state index contributed by atoms with van der Waals surface area (Å²) in [5.74, 6) is 0. The molecular formula is C48H30N2. The minimum Gasteiger partial charge on any atom is -0.247 e. The Balaban J connectivity index is 1.35. The zero-order valence-electron chi connectivity index (χ0n) is 27.2. The van der Waals surface area contributed by atoms with Crippen molar-refractivity contribution < 1.29 is 0 Å². The fourth-order valence-corrected chi connectivity index (χ4v) is 7.67. The Kier molecular flexibility index (Phi) is 6.53. The van der Waals surface area contributed by atoms with E-state index in [1.165, 1.54) is 21.5 Å².